The maximum atomic E-state index is 11.2. The first-order valence-electron chi connectivity index (χ1n) is 11.7. The van der Waals surface area contributed by atoms with Crippen LogP contribution in [-0.2, 0) is 4.79 Å². The maximum Gasteiger partial charge on any atom is 0.303 e. The molecule has 28 heavy (non-hydrogen) atoms. The molecule has 0 amide bonds. The van der Waals surface area contributed by atoms with Crippen molar-refractivity contribution in [3.8, 4) is 0 Å². The van der Waals surface area contributed by atoms with Gasteiger partial charge in [0.2, 0.25) is 0 Å². The van der Waals surface area contributed by atoms with Gasteiger partial charge in [-0.2, -0.15) is 0 Å². The molecule has 0 aromatic rings. The number of rotatable bonds is 4. The Labute approximate surface area is 170 Å². The molecule has 4 aliphatic rings. The predicted molar refractivity (Wildman–Crippen MR) is 109 cm³/mol. The first-order chi connectivity index (χ1) is 13.2. The van der Waals surface area contributed by atoms with Gasteiger partial charge in [-0.15, -0.1) is 0 Å². The molecule has 4 nitrogen and oxygen atoms in total. The minimum absolute atomic E-state index is 0.179. The van der Waals surface area contributed by atoms with Gasteiger partial charge in [-0.25, -0.2) is 0 Å². The van der Waals surface area contributed by atoms with Crippen molar-refractivity contribution in [2.24, 2.45) is 46.3 Å². The van der Waals surface area contributed by atoms with Gasteiger partial charge in [0.25, 0.3) is 0 Å². The van der Waals surface area contributed by atoms with E-state index in [1.165, 1.54) is 25.7 Å². The van der Waals surface area contributed by atoms with Crippen LogP contribution in [0.15, 0.2) is 0 Å². The zero-order valence-electron chi connectivity index (χ0n) is 17.9. The van der Waals surface area contributed by atoms with E-state index < -0.39 is 5.97 Å². The van der Waals surface area contributed by atoms with Crippen LogP contribution < -0.4 is 0 Å². The predicted octanol–water partition coefficient (Wildman–Crippen LogP) is 4.48. The third-order valence-electron chi connectivity index (χ3n) is 10.2. The van der Waals surface area contributed by atoms with Crippen molar-refractivity contribution in [3.63, 3.8) is 0 Å². The molecule has 0 spiro atoms. The quantitative estimate of drug-likeness (QED) is 0.659. The van der Waals surface area contributed by atoms with Crippen molar-refractivity contribution in [1.82, 2.24) is 0 Å². The van der Waals surface area contributed by atoms with E-state index >= 15 is 0 Å². The largest absolute Gasteiger partial charge is 0.481 e. The second-order valence-corrected chi connectivity index (χ2v) is 11.4. The monoisotopic (exact) mass is 392 g/mol. The summed E-state index contributed by atoms with van der Waals surface area (Å²) in [6.45, 7) is 7.16. The second kappa shape index (κ2) is 7.27. The number of fused-ring (bicyclic) bond motifs is 5. The molecule has 4 rings (SSSR count). The fourth-order valence-corrected chi connectivity index (χ4v) is 8.73. The number of hydrogen-bond acceptors (Lipinski definition) is 3. The highest BCUT2D eigenvalue weighted by Gasteiger charge is 2.62. The molecule has 4 fully saturated rings. The standard InChI is InChI=1S/C24H40O4/c1-14(4-7-21(27)28)17-5-6-18-22-19(9-11-24(17,18)3)23(2)10-8-16(25)12-15(23)13-20(22)26/h14-20,22,25-26H,4-13H2,1-3H3,(H,27,28)/t14?,15?,16-,17-,18+,19+,20-,22+,23+,24-/m1/s1. The number of aliphatic hydroxyl groups is 2. The number of carbonyl (C=O) groups is 1. The van der Waals surface area contributed by atoms with Crippen LogP contribution in [0.5, 0.6) is 0 Å². The molecule has 0 heterocycles. The lowest BCUT2D eigenvalue weighted by atomic mass is 9.43. The Hall–Kier alpha value is -0.610. The van der Waals surface area contributed by atoms with Crippen LogP contribution in [0.3, 0.4) is 0 Å². The summed E-state index contributed by atoms with van der Waals surface area (Å²) in [5.41, 5.74) is 0.523. The van der Waals surface area contributed by atoms with E-state index in [0.29, 0.717) is 35.5 Å². The molecule has 0 saturated heterocycles. The van der Waals surface area contributed by atoms with Crippen molar-refractivity contribution >= 4 is 5.97 Å². The number of carboxylic acid groups (broad SMARTS) is 1. The molecule has 0 aromatic carbocycles. The summed E-state index contributed by atoms with van der Waals surface area (Å²) in [6, 6.07) is 0. The summed E-state index contributed by atoms with van der Waals surface area (Å²) in [6.07, 6.45) is 9.19. The fourth-order valence-electron chi connectivity index (χ4n) is 8.73. The van der Waals surface area contributed by atoms with Crippen LogP contribution in [0.25, 0.3) is 0 Å². The Balaban J connectivity index is 1.55. The van der Waals surface area contributed by atoms with E-state index in [9.17, 15) is 15.0 Å². The number of aliphatic carboxylic acids is 1. The van der Waals surface area contributed by atoms with Crippen LogP contribution >= 0.6 is 0 Å². The van der Waals surface area contributed by atoms with Crippen molar-refractivity contribution in [1.29, 1.82) is 0 Å². The van der Waals surface area contributed by atoms with Gasteiger partial charge < -0.3 is 15.3 Å². The van der Waals surface area contributed by atoms with Gasteiger partial charge in [0.05, 0.1) is 12.2 Å². The van der Waals surface area contributed by atoms with Crippen molar-refractivity contribution < 1.29 is 20.1 Å². The van der Waals surface area contributed by atoms with Crippen LogP contribution in [0.2, 0.25) is 0 Å². The first-order valence-corrected chi connectivity index (χ1v) is 11.7. The lowest BCUT2D eigenvalue weighted by molar-refractivity contribution is -0.174. The van der Waals surface area contributed by atoms with Crippen molar-refractivity contribution in [3.05, 3.63) is 0 Å². The summed E-state index contributed by atoms with van der Waals surface area (Å²) < 4.78 is 0. The molecular weight excluding hydrogens is 352 g/mol. The smallest absolute Gasteiger partial charge is 0.303 e. The first kappa shape index (κ1) is 20.7. The van der Waals surface area contributed by atoms with E-state index in [0.717, 1.165) is 32.1 Å². The average Bonchev–Trinajstić information content (AvgIpc) is 2.98. The van der Waals surface area contributed by atoms with Gasteiger partial charge in [0, 0.05) is 6.42 Å². The third kappa shape index (κ3) is 3.14. The summed E-state index contributed by atoms with van der Waals surface area (Å²) in [5, 5.41) is 30.5. The highest BCUT2D eigenvalue weighted by atomic mass is 16.4. The molecular formula is C24H40O4. The van der Waals surface area contributed by atoms with Gasteiger partial charge in [0.1, 0.15) is 0 Å². The van der Waals surface area contributed by atoms with E-state index in [-0.39, 0.29) is 29.5 Å². The van der Waals surface area contributed by atoms with Crippen molar-refractivity contribution in [2.45, 2.75) is 97.2 Å². The molecule has 4 saturated carbocycles. The van der Waals surface area contributed by atoms with Gasteiger partial charge >= 0.3 is 5.97 Å². The van der Waals surface area contributed by atoms with Crippen LogP contribution in [-0.4, -0.2) is 33.5 Å². The molecule has 4 aliphatic carbocycles. The minimum Gasteiger partial charge on any atom is -0.481 e. The molecule has 0 radical (unpaired) electrons. The maximum absolute atomic E-state index is 11.2. The molecule has 3 N–H and O–H groups in total. The minimum atomic E-state index is -0.684. The number of carboxylic acids is 1. The highest BCUT2D eigenvalue weighted by Crippen LogP contribution is 2.68. The Morgan fingerprint density at radius 3 is 2.39 bits per heavy atom. The van der Waals surface area contributed by atoms with E-state index in [2.05, 4.69) is 20.8 Å². The second-order valence-electron chi connectivity index (χ2n) is 11.4. The zero-order valence-corrected chi connectivity index (χ0v) is 17.9. The van der Waals surface area contributed by atoms with Gasteiger partial charge in [0.15, 0.2) is 0 Å². The highest BCUT2D eigenvalue weighted by molar-refractivity contribution is 5.66. The molecule has 10 atom stereocenters. The Morgan fingerprint density at radius 2 is 1.68 bits per heavy atom. The molecule has 0 bridgehead atoms. The van der Waals surface area contributed by atoms with E-state index in [1.807, 2.05) is 0 Å². The zero-order chi connectivity index (χ0) is 20.3. The van der Waals surface area contributed by atoms with Crippen LogP contribution in [0, 0.1) is 46.3 Å². The van der Waals surface area contributed by atoms with Crippen molar-refractivity contribution in [2.75, 3.05) is 0 Å². The summed E-state index contributed by atoms with van der Waals surface area (Å²) in [4.78, 5) is 11.1. The van der Waals surface area contributed by atoms with Gasteiger partial charge in [-0.05, 0) is 104 Å². The SMILES string of the molecule is CC(CCC(=O)O)[C@H]1CC[C@H]2[C@@H]3[C@H](O)CC4C[C@H](O)CC[C@]4(C)[C@H]3CC[C@]12C. The fraction of sp³-hybridized carbons (Fsp3) is 0.958. The Bertz CT molecular complexity index is 605. The lowest BCUT2D eigenvalue weighted by Crippen LogP contribution is -2.58. The normalized spacial score (nSPS) is 51.7. The molecule has 0 aliphatic heterocycles. The number of hydrogen-bond donors (Lipinski definition) is 3. The molecule has 160 valence electrons. The molecule has 0 aromatic heterocycles. The Morgan fingerprint density at radius 1 is 1.00 bits per heavy atom. The van der Waals surface area contributed by atoms with Crippen LogP contribution in [0.1, 0.15) is 85.0 Å². The van der Waals surface area contributed by atoms with Gasteiger partial charge in [-0.1, -0.05) is 20.8 Å². The molecule has 2 unspecified atom stereocenters. The summed E-state index contributed by atoms with van der Waals surface area (Å²) in [7, 11) is 0. The Kier molecular flexibility index (Phi) is 5.36. The lowest BCUT2D eigenvalue weighted by Gasteiger charge is -2.62. The number of aliphatic hydroxyl groups excluding tert-OH is 2. The van der Waals surface area contributed by atoms with Gasteiger partial charge in [-0.3, -0.25) is 4.79 Å². The van der Waals surface area contributed by atoms with E-state index in [4.69, 9.17) is 5.11 Å². The topological polar surface area (TPSA) is 77.8 Å². The molecule has 4 heteroatoms. The summed E-state index contributed by atoms with van der Waals surface area (Å²) in [5.74, 6) is 2.36. The average molecular weight is 393 g/mol. The summed E-state index contributed by atoms with van der Waals surface area (Å²) >= 11 is 0. The van der Waals surface area contributed by atoms with E-state index in [1.54, 1.807) is 0 Å². The van der Waals surface area contributed by atoms with Crippen LogP contribution in [0.4, 0.5) is 0 Å². The third-order valence-corrected chi connectivity index (χ3v) is 10.2.